The number of hydrogen-bond donors (Lipinski definition) is 0. The van der Waals surface area contributed by atoms with Crippen LogP contribution in [0.3, 0.4) is 0 Å². The summed E-state index contributed by atoms with van der Waals surface area (Å²) in [5.74, 6) is 0. The van der Waals surface area contributed by atoms with E-state index in [2.05, 4.69) is 38.1 Å². The number of benzene rings is 2. The van der Waals surface area contributed by atoms with Crippen LogP contribution in [0.5, 0.6) is 0 Å². The highest BCUT2D eigenvalue weighted by atomic mass is 16.1. The van der Waals surface area contributed by atoms with Gasteiger partial charge in [0.1, 0.15) is 0 Å². The number of pyridine rings is 2. The lowest BCUT2D eigenvalue weighted by atomic mass is 10.0. The zero-order valence-electron chi connectivity index (χ0n) is 23.4. The molecule has 0 amide bonds. The number of aromatic nitrogens is 2. The molecule has 0 fully saturated rings. The first-order valence-corrected chi connectivity index (χ1v) is 14.9. The molecule has 0 N–H and O–H groups in total. The summed E-state index contributed by atoms with van der Waals surface area (Å²) in [6.45, 7) is 5.83. The van der Waals surface area contributed by atoms with Gasteiger partial charge in [-0.2, -0.15) is 0 Å². The molecule has 4 heteroatoms. The van der Waals surface area contributed by atoms with E-state index < -0.39 is 0 Å². The summed E-state index contributed by atoms with van der Waals surface area (Å²) < 4.78 is 3.83. The molecule has 4 nitrogen and oxygen atoms in total. The highest BCUT2D eigenvalue weighted by molar-refractivity contribution is 5.89. The number of unbranched alkanes of at least 4 members (excludes halogenated alkanes) is 10. The standard InChI is InChI=1S/C34H44N2O2/c1-3-5-7-9-11-15-23-35-32-26-30(29-20-19-27-17-13-14-18-28(27)25-29)34(38)36(31(32)21-22-33(35)37)24-16-12-10-8-6-4-2/h13-14,17-22,25-26H,3-12,15-16,23-24H2,1-2H3. The molecular formula is C34H44N2O2. The van der Waals surface area contributed by atoms with Gasteiger partial charge in [-0.3, -0.25) is 9.59 Å². The molecule has 0 aliphatic rings. The molecule has 0 unspecified atom stereocenters. The second-order valence-corrected chi connectivity index (χ2v) is 10.7. The normalized spacial score (nSPS) is 11.5. The molecule has 0 aliphatic heterocycles. The van der Waals surface area contributed by atoms with E-state index in [1.165, 1.54) is 51.4 Å². The molecule has 0 bridgehead atoms. The summed E-state index contributed by atoms with van der Waals surface area (Å²) in [5, 5.41) is 2.27. The third kappa shape index (κ3) is 6.83. The van der Waals surface area contributed by atoms with Crippen molar-refractivity contribution in [3.05, 3.63) is 81.4 Å². The van der Waals surface area contributed by atoms with Crippen LogP contribution in [-0.2, 0) is 13.1 Å². The van der Waals surface area contributed by atoms with Crippen molar-refractivity contribution in [2.75, 3.05) is 0 Å². The van der Waals surface area contributed by atoms with Crippen LogP contribution in [0.2, 0.25) is 0 Å². The maximum Gasteiger partial charge on any atom is 0.259 e. The van der Waals surface area contributed by atoms with Gasteiger partial charge in [0, 0.05) is 24.7 Å². The smallest absolute Gasteiger partial charge is 0.259 e. The van der Waals surface area contributed by atoms with Gasteiger partial charge in [-0.15, -0.1) is 0 Å². The van der Waals surface area contributed by atoms with E-state index in [9.17, 15) is 9.59 Å². The van der Waals surface area contributed by atoms with Crippen molar-refractivity contribution in [3.8, 4) is 11.1 Å². The zero-order valence-corrected chi connectivity index (χ0v) is 23.4. The minimum Gasteiger partial charge on any atom is -0.307 e. The number of aryl methyl sites for hydroxylation is 2. The molecule has 2 aromatic carbocycles. The van der Waals surface area contributed by atoms with E-state index in [4.69, 9.17) is 0 Å². The Morgan fingerprint density at radius 1 is 0.553 bits per heavy atom. The van der Waals surface area contributed by atoms with Crippen molar-refractivity contribution in [2.45, 2.75) is 104 Å². The van der Waals surface area contributed by atoms with Gasteiger partial charge in [0.25, 0.3) is 11.1 Å². The highest BCUT2D eigenvalue weighted by Crippen LogP contribution is 2.25. The molecule has 0 saturated carbocycles. The van der Waals surface area contributed by atoms with Crippen LogP contribution in [0.1, 0.15) is 90.9 Å². The number of fused-ring (bicyclic) bond motifs is 2. The SMILES string of the molecule is CCCCCCCCn1c(=O)ccc2c1cc(-c1ccc3ccccc3c1)c(=O)n2CCCCCCCC. The fraction of sp³-hybridized carbons (Fsp3) is 0.471. The molecule has 202 valence electrons. The Kier molecular flexibility index (Phi) is 10.4. The van der Waals surface area contributed by atoms with Crippen molar-refractivity contribution < 1.29 is 0 Å². The van der Waals surface area contributed by atoms with E-state index in [1.54, 1.807) is 6.07 Å². The van der Waals surface area contributed by atoms with Gasteiger partial charge in [0.15, 0.2) is 0 Å². The van der Waals surface area contributed by atoms with E-state index in [0.717, 1.165) is 53.1 Å². The first kappa shape index (κ1) is 27.9. The average molecular weight is 513 g/mol. The topological polar surface area (TPSA) is 44.0 Å². The maximum absolute atomic E-state index is 13.9. The number of rotatable bonds is 15. The van der Waals surface area contributed by atoms with Gasteiger partial charge in [-0.25, -0.2) is 0 Å². The molecule has 38 heavy (non-hydrogen) atoms. The van der Waals surface area contributed by atoms with Gasteiger partial charge < -0.3 is 9.13 Å². The van der Waals surface area contributed by atoms with E-state index >= 15 is 0 Å². The molecule has 0 atom stereocenters. The maximum atomic E-state index is 13.9. The Balaban J connectivity index is 1.72. The summed E-state index contributed by atoms with van der Waals surface area (Å²) >= 11 is 0. The molecule has 4 aromatic rings. The summed E-state index contributed by atoms with van der Waals surface area (Å²) in [4.78, 5) is 27.0. The number of nitrogens with zero attached hydrogens (tertiary/aromatic N) is 2. The van der Waals surface area contributed by atoms with Gasteiger partial charge >= 0.3 is 0 Å². The summed E-state index contributed by atoms with van der Waals surface area (Å²) in [6, 6.07) is 19.9. The lowest BCUT2D eigenvalue weighted by Crippen LogP contribution is -2.27. The Hall–Kier alpha value is -3.14. The third-order valence-electron chi connectivity index (χ3n) is 7.78. The predicted molar refractivity (Wildman–Crippen MR) is 162 cm³/mol. The Morgan fingerprint density at radius 2 is 1.16 bits per heavy atom. The minimum absolute atomic E-state index is 0.0142. The lowest BCUT2D eigenvalue weighted by molar-refractivity contribution is 0.551. The lowest BCUT2D eigenvalue weighted by Gasteiger charge is -2.17. The molecule has 0 aliphatic carbocycles. The van der Waals surface area contributed by atoms with Crippen LogP contribution in [0.25, 0.3) is 32.9 Å². The quantitative estimate of drug-likeness (QED) is 0.150. The van der Waals surface area contributed by atoms with Crippen molar-refractivity contribution >= 4 is 21.8 Å². The largest absolute Gasteiger partial charge is 0.307 e. The molecular weight excluding hydrogens is 468 g/mol. The zero-order chi connectivity index (χ0) is 26.7. The monoisotopic (exact) mass is 512 g/mol. The summed E-state index contributed by atoms with van der Waals surface area (Å²) in [6.07, 6.45) is 14.1. The van der Waals surface area contributed by atoms with Crippen LogP contribution < -0.4 is 11.1 Å². The fourth-order valence-electron chi connectivity index (χ4n) is 5.53. The first-order valence-electron chi connectivity index (χ1n) is 14.9. The summed E-state index contributed by atoms with van der Waals surface area (Å²) in [7, 11) is 0. The fourth-order valence-corrected chi connectivity index (χ4v) is 5.53. The Bertz CT molecular complexity index is 1450. The van der Waals surface area contributed by atoms with Crippen LogP contribution in [0.4, 0.5) is 0 Å². The predicted octanol–water partition coefficient (Wildman–Crippen LogP) is 8.70. The first-order chi connectivity index (χ1) is 18.6. The molecule has 0 saturated heterocycles. The molecule has 2 heterocycles. The number of hydrogen-bond acceptors (Lipinski definition) is 2. The van der Waals surface area contributed by atoms with E-state index in [1.807, 2.05) is 39.5 Å². The second kappa shape index (κ2) is 14.1. The highest BCUT2D eigenvalue weighted by Gasteiger charge is 2.15. The van der Waals surface area contributed by atoms with Gasteiger partial charge in [0.05, 0.1) is 11.0 Å². The van der Waals surface area contributed by atoms with Crippen LogP contribution in [-0.4, -0.2) is 9.13 Å². The minimum atomic E-state index is 0.0142. The van der Waals surface area contributed by atoms with Crippen LogP contribution in [0, 0.1) is 0 Å². The van der Waals surface area contributed by atoms with Gasteiger partial charge in [-0.1, -0.05) is 114 Å². The van der Waals surface area contributed by atoms with Crippen LogP contribution >= 0.6 is 0 Å². The van der Waals surface area contributed by atoms with Crippen molar-refractivity contribution in [1.82, 2.24) is 9.13 Å². The Labute approximate surface area is 227 Å². The van der Waals surface area contributed by atoms with Crippen molar-refractivity contribution in [3.63, 3.8) is 0 Å². The third-order valence-corrected chi connectivity index (χ3v) is 7.78. The van der Waals surface area contributed by atoms with E-state index in [0.29, 0.717) is 18.7 Å². The van der Waals surface area contributed by atoms with Crippen molar-refractivity contribution in [2.24, 2.45) is 0 Å². The molecule has 4 rings (SSSR count). The Morgan fingerprint density at radius 3 is 1.84 bits per heavy atom. The van der Waals surface area contributed by atoms with Gasteiger partial charge in [0.2, 0.25) is 0 Å². The van der Waals surface area contributed by atoms with Gasteiger partial charge in [-0.05, 0) is 47.4 Å². The molecule has 0 radical (unpaired) electrons. The molecule has 0 spiro atoms. The second-order valence-electron chi connectivity index (χ2n) is 10.7. The van der Waals surface area contributed by atoms with E-state index in [-0.39, 0.29) is 11.1 Å². The molecule has 2 aromatic heterocycles. The average Bonchev–Trinajstić information content (AvgIpc) is 2.94. The summed E-state index contributed by atoms with van der Waals surface area (Å²) in [5.41, 5.74) is 3.39. The van der Waals surface area contributed by atoms with Crippen LogP contribution in [0.15, 0.2) is 70.3 Å². The van der Waals surface area contributed by atoms with Crippen molar-refractivity contribution in [1.29, 1.82) is 0 Å².